The second-order valence-electron chi connectivity index (χ2n) is 6.19. The maximum Gasteiger partial charge on any atom is 0.270 e. The Kier molecular flexibility index (Phi) is 6.02. The van der Waals surface area contributed by atoms with Gasteiger partial charge in [0.15, 0.2) is 0 Å². The fourth-order valence-corrected chi connectivity index (χ4v) is 3.82. The third kappa shape index (κ3) is 4.75. The van der Waals surface area contributed by atoms with Crippen molar-refractivity contribution >= 4 is 33.3 Å². The Morgan fingerprint density at radius 3 is 2.50 bits per heavy atom. The second kappa shape index (κ2) is 8.66. The highest BCUT2D eigenvalue weighted by Gasteiger charge is 2.22. The Balaban J connectivity index is 1.93. The summed E-state index contributed by atoms with van der Waals surface area (Å²) in [5.41, 5.74) is 3.44. The van der Waals surface area contributed by atoms with Crippen LogP contribution in [0.15, 0.2) is 70.8 Å². The van der Waals surface area contributed by atoms with Gasteiger partial charge in [-0.3, -0.25) is 20.3 Å². The first kappa shape index (κ1) is 20.9. The van der Waals surface area contributed by atoms with Gasteiger partial charge in [0.2, 0.25) is 0 Å². The van der Waals surface area contributed by atoms with Crippen LogP contribution in [-0.2, 0) is 17.1 Å². The molecule has 0 radical (unpaired) electrons. The molecule has 0 amide bonds. The fraction of sp³-hybridized carbons (Fsp3) is 0.105. The molecule has 3 aromatic rings. The summed E-state index contributed by atoms with van der Waals surface area (Å²) in [6, 6.07) is 13.4. The maximum atomic E-state index is 12.9. The lowest BCUT2D eigenvalue weighted by Crippen LogP contribution is -2.15. The standard InChI is InChI=1S/C19H19N5O5S/c1-23-11-3-4-16(23)13-20-21-18-10-7-15(24(25)26)12-19(18)30(27,28)22-14-5-8-17(29-2)9-6-14/h3-13,21-22H,1-2H3/b20-13+. The Bertz CT molecular complexity index is 1190. The van der Waals surface area contributed by atoms with Crippen LogP contribution in [0.4, 0.5) is 17.1 Å². The lowest BCUT2D eigenvalue weighted by Gasteiger charge is -2.12. The molecule has 0 fully saturated rings. The quantitative estimate of drug-likeness (QED) is 0.322. The average molecular weight is 429 g/mol. The minimum atomic E-state index is -4.15. The highest BCUT2D eigenvalue weighted by Crippen LogP contribution is 2.28. The van der Waals surface area contributed by atoms with Crippen molar-refractivity contribution in [2.75, 3.05) is 17.3 Å². The van der Waals surface area contributed by atoms with E-state index in [2.05, 4.69) is 15.2 Å². The molecule has 11 heteroatoms. The van der Waals surface area contributed by atoms with Gasteiger partial charge in [-0.25, -0.2) is 8.42 Å². The smallest absolute Gasteiger partial charge is 0.270 e. The van der Waals surface area contributed by atoms with Gasteiger partial charge in [-0.1, -0.05) is 0 Å². The summed E-state index contributed by atoms with van der Waals surface area (Å²) in [6.07, 6.45) is 3.34. The monoisotopic (exact) mass is 429 g/mol. The van der Waals surface area contributed by atoms with Crippen LogP contribution in [0.25, 0.3) is 0 Å². The van der Waals surface area contributed by atoms with Crippen molar-refractivity contribution in [3.05, 3.63) is 76.6 Å². The normalized spacial score (nSPS) is 11.4. The van der Waals surface area contributed by atoms with E-state index in [4.69, 9.17) is 4.74 Å². The van der Waals surface area contributed by atoms with Crippen molar-refractivity contribution in [2.45, 2.75) is 4.90 Å². The molecule has 3 rings (SSSR count). The van der Waals surface area contributed by atoms with E-state index in [1.165, 1.54) is 37.6 Å². The number of methoxy groups -OCH3 is 1. The molecule has 156 valence electrons. The van der Waals surface area contributed by atoms with Crippen molar-refractivity contribution in [2.24, 2.45) is 12.1 Å². The number of nitro benzene ring substituents is 1. The van der Waals surface area contributed by atoms with E-state index in [1.807, 2.05) is 29.9 Å². The van der Waals surface area contributed by atoms with Crippen LogP contribution in [0.1, 0.15) is 5.69 Å². The molecule has 0 aliphatic carbocycles. The van der Waals surface area contributed by atoms with E-state index < -0.39 is 14.9 Å². The van der Waals surface area contributed by atoms with Gasteiger partial charge in [-0.15, -0.1) is 0 Å². The number of aryl methyl sites for hydroxylation is 1. The zero-order chi connectivity index (χ0) is 21.7. The van der Waals surface area contributed by atoms with Gasteiger partial charge in [0.1, 0.15) is 10.6 Å². The first-order valence-electron chi connectivity index (χ1n) is 8.66. The van der Waals surface area contributed by atoms with Gasteiger partial charge in [-0.05, 0) is 42.5 Å². The van der Waals surface area contributed by atoms with Crippen LogP contribution < -0.4 is 14.9 Å². The summed E-state index contributed by atoms with van der Waals surface area (Å²) in [5.74, 6) is 0.561. The molecule has 0 bridgehead atoms. The highest BCUT2D eigenvalue weighted by molar-refractivity contribution is 7.92. The second-order valence-corrected chi connectivity index (χ2v) is 7.84. The minimum absolute atomic E-state index is 0.0899. The van der Waals surface area contributed by atoms with Crippen molar-refractivity contribution in [3.63, 3.8) is 0 Å². The van der Waals surface area contributed by atoms with Crippen molar-refractivity contribution in [3.8, 4) is 5.75 Å². The van der Waals surface area contributed by atoms with Crippen LogP contribution in [0.5, 0.6) is 5.75 Å². The average Bonchev–Trinajstić information content (AvgIpc) is 3.13. The zero-order valence-corrected chi connectivity index (χ0v) is 17.0. The van der Waals surface area contributed by atoms with E-state index >= 15 is 0 Å². The number of hydrogen-bond donors (Lipinski definition) is 2. The fourth-order valence-electron chi connectivity index (χ4n) is 2.58. The number of nitrogens with one attached hydrogen (secondary N) is 2. The first-order chi connectivity index (χ1) is 14.3. The molecule has 2 aromatic carbocycles. The van der Waals surface area contributed by atoms with Crippen molar-refractivity contribution in [1.29, 1.82) is 0 Å². The van der Waals surface area contributed by atoms with Crippen LogP contribution in [0.3, 0.4) is 0 Å². The molecule has 0 saturated carbocycles. The number of nitrogens with zero attached hydrogens (tertiary/aromatic N) is 3. The van der Waals surface area contributed by atoms with Gasteiger partial charge >= 0.3 is 0 Å². The van der Waals surface area contributed by atoms with E-state index in [1.54, 1.807) is 12.1 Å². The highest BCUT2D eigenvalue weighted by atomic mass is 32.2. The zero-order valence-electron chi connectivity index (χ0n) is 16.1. The summed E-state index contributed by atoms with van der Waals surface area (Å²) in [4.78, 5) is 10.2. The number of rotatable bonds is 8. The number of anilines is 2. The van der Waals surface area contributed by atoms with Crippen LogP contribution >= 0.6 is 0 Å². The molecule has 1 aromatic heterocycles. The summed E-state index contributed by atoms with van der Waals surface area (Å²) in [7, 11) is -0.817. The van der Waals surface area contributed by atoms with Gasteiger partial charge in [0.25, 0.3) is 15.7 Å². The molecule has 0 spiro atoms. The van der Waals surface area contributed by atoms with Crippen LogP contribution in [0.2, 0.25) is 0 Å². The number of hydrogen-bond acceptors (Lipinski definition) is 7. The first-order valence-corrected chi connectivity index (χ1v) is 10.1. The Labute approximate surface area is 173 Å². The Morgan fingerprint density at radius 1 is 1.17 bits per heavy atom. The molecule has 2 N–H and O–H groups in total. The molecule has 0 unspecified atom stereocenters. The molecular weight excluding hydrogens is 410 g/mol. The molecule has 30 heavy (non-hydrogen) atoms. The number of aromatic nitrogens is 1. The van der Waals surface area contributed by atoms with Gasteiger partial charge < -0.3 is 9.30 Å². The van der Waals surface area contributed by atoms with Crippen LogP contribution in [-0.4, -0.2) is 31.2 Å². The van der Waals surface area contributed by atoms with Crippen molar-refractivity contribution in [1.82, 2.24) is 4.57 Å². The van der Waals surface area contributed by atoms with Gasteiger partial charge in [-0.2, -0.15) is 5.10 Å². The topological polar surface area (TPSA) is 128 Å². The maximum absolute atomic E-state index is 12.9. The molecule has 10 nitrogen and oxygen atoms in total. The lowest BCUT2D eigenvalue weighted by atomic mass is 10.3. The number of sulfonamides is 1. The summed E-state index contributed by atoms with van der Waals surface area (Å²) < 4.78 is 35.1. The minimum Gasteiger partial charge on any atom is -0.497 e. The molecule has 0 aliphatic rings. The van der Waals surface area contributed by atoms with E-state index in [-0.39, 0.29) is 22.0 Å². The number of benzene rings is 2. The predicted octanol–water partition coefficient (Wildman–Crippen LogP) is 3.19. The number of hydrazone groups is 1. The number of ether oxygens (including phenoxy) is 1. The number of nitro groups is 1. The lowest BCUT2D eigenvalue weighted by molar-refractivity contribution is -0.385. The molecule has 0 atom stereocenters. The predicted molar refractivity (Wildman–Crippen MR) is 114 cm³/mol. The summed E-state index contributed by atoms with van der Waals surface area (Å²) in [6.45, 7) is 0. The van der Waals surface area contributed by atoms with Crippen LogP contribution in [0, 0.1) is 10.1 Å². The third-order valence-electron chi connectivity index (χ3n) is 4.17. The SMILES string of the molecule is COc1ccc(NS(=O)(=O)c2cc([N+](=O)[O-])ccc2N/N=C/c2cccn2C)cc1. The Hall–Kier alpha value is -3.86. The molecular formula is C19H19N5O5S. The van der Waals surface area contributed by atoms with Crippen molar-refractivity contribution < 1.29 is 18.1 Å². The molecule has 1 heterocycles. The number of non-ortho nitro benzene ring substituents is 1. The van der Waals surface area contributed by atoms with Gasteiger partial charge in [0, 0.05) is 31.1 Å². The summed E-state index contributed by atoms with van der Waals surface area (Å²) >= 11 is 0. The van der Waals surface area contributed by atoms with Gasteiger partial charge in [0.05, 0.1) is 29.6 Å². The Morgan fingerprint density at radius 2 is 1.90 bits per heavy atom. The van der Waals surface area contributed by atoms with E-state index in [0.717, 1.165) is 11.8 Å². The summed E-state index contributed by atoms with van der Waals surface area (Å²) in [5, 5.41) is 15.2. The third-order valence-corrected chi connectivity index (χ3v) is 5.59. The van der Waals surface area contributed by atoms with E-state index in [9.17, 15) is 18.5 Å². The largest absolute Gasteiger partial charge is 0.497 e. The molecule has 0 aliphatic heterocycles. The van der Waals surface area contributed by atoms with E-state index in [0.29, 0.717) is 5.75 Å². The molecule has 0 saturated heterocycles.